The molecule has 1 aromatic carbocycles. The molecular weight excluding hydrogens is 230 g/mol. The summed E-state index contributed by atoms with van der Waals surface area (Å²) in [5.74, 6) is 0.772. The van der Waals surface area contributed by atoms with Gasteiger partial charge in [-0.2, -0.15) is 0 Å². The van der Waals surface area contributed by atoms with Crippen LogP contribution in [-0.2, 0) is 10.8 Å². The highest BCUT2D eigenvalue weighted by atomic mass is 32.2. The molecule has 0 spiro atoms. The SMILES string of the molecule is CCCCCCCS(=O)c1ccc(N)cc1C. The van der Waals surface area contributed by atoms with Crippen LogP contribution >= 0.6 is 0 Å². The van der Waals surface area contributed by atoms with Gasteiger partial charge in [-0.15, -0.1) is 0 Å². The van der Waals surface area contributed by atoms with Gasteiger partial charge in [0.05, 0.1) is 10.8 Å². The Morgan fingerprint density at radius 1 is 1.18 bits per heavy atom. The first kappa shape index (κ1) is 14.2. The number of rotatable bonds is 7. The van der Waals surface area contributed by atoms with Crippen LogP contribution in [0, 0.1) is 6.92 Å². The molecule has 0 heterocycles. The van der Waals surface area contributed by atoms with Crippen molar-refractivity contribution in [3.8, 4) is 0 Å². The van der Waals surface area contributed by atoms with Gasteiger partial charge in [0, 0.05) is 16.3 Å². The third-order valence-corrected chi connectivity index (χ3v) is 4.49. The lowest BCUT2D eigenvalue weighted by atomic mass is 10.2. The number of hydrogen-bond acceptors (Lipinski definition) is 2. The van der Waals surface area contributed by atoms with Crippen molar-refractivity contribution in [2.24, 2.45) is 0 Å². The second-order valence-corrected chi connectivity index (χ2v) is 6.03. The average Bonchev–Trinajstić information content (AvgIpc) is 2.28. The molecule has 0 bridgehead atoms. The number of hydrogen-bond donors (Lipinski definition) is 1. The molecule has 1 aromatic rings. The molecule has 0 saturated carbocycles. The van der Waals surface area contributed by atoms with E-state index in [-0.39, 0.29) is 0 Å². The van der Waals surface area contributed by atoms with Gasteiger partial charge in [0.2, 0.25) is 0 Å². The zero-order valence-electron chi connectivity index (χ0n) is 10.9. The Labute approximate surface area is 107 Å². The van der Waals surface area contributed by atoms with E-state index in [9.17, 15) is 4.21 Å². The lowest BCUT2D eigenvalue weighted by Gasteiger charge is -2.06. The number of nitrogen functional groups attached to an aromatic ring is 1. The van der Waals surface area contributed by atoms with Gasteiger partial charge in [0.15, 0.2) is 0 Å². The number of aryl methyl sites for hydroxylation is 1. The van der Waals surface area contributed by atoms with E-state index in [1.807, 2.05) is 25.1 Å². The molecule has 3 heteroatoms. The molecule has 0 amide bonds. The minimum Gasteiger partial charge on any atom is -0.399 e. The van der Waals surface area contributed by atoms with Crippen molar-refractivity contribution in [3.05, 3.63) is 23.8 Å². The second kappa shape index (κ2) is 7.49. The first-order valence-corrected chi connectivity index (χ1v) is 7.71. The maximum atomic E-state index is 12.1. The first-order chi connectivity index (χ1) is 8.15. The smallest absolute Gasteiger partial charge is 0.0532 e. The summed E-state index contributed by atoms with van der Waals surface area (Å²) in [6.45, 7) is 4.18. The van der Waals surface area contributed by atoms with Gasteiger partial charge in [-0.1, -0.05) is 32.6 Å². The highest BCUT2D eigenvalue weighted by Crippen LogP contribution is 2.17. The van der Waals surface area contributed by atoms with Crippen LogP contribution in [0.1, 0.15) is 44.6 Å². The number of benzene rings is 1. The van der Waals surface area contributed by atoms with E-state index in [0.717, 1.165) is 28.3 Å². The van der Waals surface area contributed by atoms with Crippen LogP contribution in [0.15, 0.2) is 23.1 Å². The largest absolute Gasteiger partial charge is 0.399 e. The third-order valence-electron chi connectivity index (χ3n) is 2.88. The Morgan fingerprint density at radius 3 is 2.53 bits per heavy atom. The van der Waals surface area contributed by atoms with E-state index < -0.39 is 10.8 Å². The maximum Gasteiger partial charge on any atom is 0.0532 e. The van der Waals surface area contributed by atoms with Crippen molar-refractivity contribution >= 4 is 16.5 Å². The minimum atomic E-state index is -0.864. The summed E-state index contributed by atoms with van der Waals surface area (Å²) in [7, 11) is -0.864. The van der Waals surface area contributed by atoms with Crippen molar-refractivity contribution in [2.75, 3.05) is 11.5 Å². The summed E-state index contributed by atoms with van der Waals surface area (Å²) in [4.78, 5) is 0.940. The fourth-order valence-corrected chi connectivity index (χ4v) is 3.20. The van der Waals surface area contributed by atoms with Crippen molar-refractivity contribution in [1.29, 1.82) is 0 Å². The Morgan fingerprint density at radius 2 is 1.88 bits per heavy atom. The monoisotopic (exact) mass is 253 g/mol. The summed E-state index contributed by atoms with van der Waals surface area (Å²) in [6, 6.07) is 5.62. The van der Waals surface area contributed by atoms with Gasteiger partial charge in [0.1, 0.15) is 0 Å². The molecule has 2 nitrogen and oxygen atoms in total. The number of unbranched alkanes of at least 4 members (excludes halogenated alkanes) is 4. The van der Waals surface area contributed by atoms with E-state index >= 15 is 0 Å². The van der Waals surface area contributed by atoms with Crippen molar-refractivity contribution in [2.45, 2.75) is 50.8 Å². The lowest BCUT2D eigenvalue weighted by molar-refractivity contribution is 0.647. The van der Waals surface area contributed by atoms with Crippen molar-refractivity contribution in [1.82, 2.24) is 0 Å². The lowest BCUT2D eigenvalue weighted by Crippen LogP contribution is -2.01. The Bertz CT molecular complexity index is 376. The summed E-state index contributed by atoms with van der Waals surface area (Å²) >= 11 is 0. The van der Waals surface area contributed by atoms with Crippen molar-refractivity contribution in [3.63, 3.8) is 0 Å². The normalized spacial score (nSPS) is 12.6. The molecule has 0 aliphatic carbocycles. The van der Waals surface area contributed by atoms with Crippen molar-refractivity contribution < 1.29 is 4.21 Å². The standard InChI is InChI=1S/C14H23NOS/c1-3-4-5-6-7-10-17(16)14-9-8-13(15)11-12(14)2/h8-9,11H,3-7,10,15H2,1-2H3. The number of anilines is 1. The second-order valence-electron chi connectivity index (χ2n) is 4.49. The summed E-state index contributed by atoms with van der Waals surface area (Å²) in [5, 5.41) is 0. The Kier molecular flexibility index (Phi) is 6.27. The van der Waals surface area contributed by atoms with Gasteiger partial charge < -0.3 is 5.73 Å². The fraction of sp³-hybridized carbons (Fsp3) is 0.571. The molecule has 0 aliphatic rings. The minimum absolute atomic E-state index is 0.742. The molecule has 1 unspecified atom stereocenters. The highest BCUT2D eigenvalue weighted by Gasteiger charge is 2.06. The van der Waals surface area contributed by atoms with Gasteiger partial charge in [-0.25, -0.2) is 0 Å². The molecule has 0 saturated heterocycles. The first-order valence-electron chi connectivity index (χ1n) is 6.39. The maximum absolute atomic E-state index is 12.1. The molecular formula is C14H23NOS. The molecule has 1 atom stereocenters. The third kappa shape index (κ3) is 4.90. The molecule has 17 heavy (non-hydrogen) atoms. The fourth-order valence-electron chi connectivity index (χ4n) is 1.87. The Balaban J connectivity index is 2.42. The van der Waals surface area contributed by atoms with E-state index in [1.165, 1.54) is 25.7 Å². The molecule has 0 radical (unpaired) electrons. The highest BCUT2D eigenvalue weighted by molar-refractivity contribution is 7.85. The van der Waals surface area contributed by atoms with E-state index in [2.05, 4.69) is 6.92 Å². The zero-order valence-corrected chi connectivity index (χ0v) is 11.7. The predicted octanol–water partition coefficient (Wildman–Crippen LogP) is 3.66. The summed E-state index contributed by atoms with van der Waals surface area (Å²) < 4.78 is 12.1. The summed E-state index contributed by atoms with van der Waals surface area (Å²) in [6.07, 6.45) is 6.03. The molecule has 0 aliphatic heterocycles. The summed E-state index contributed by atoms with van der Waals surface area (Å²) in [5.41, 5.74) is 7.46. The molecule has 0 fully saturated rings. The van der Waals surface area contributed by atoms with E-state index in [1.54, 1.807) is 0 Å². The van der Waals surface area contributed by atoms with Gasteiger partial charge >= 0.3 is 0 Å². The van der Waals surface area contributed by atoms with Crippen LogP contribution in [0.3, 0.4) is 0 Å². The molecule has 2 N–H and O–H groups in total. The van der Waals surface area contributed by atoms with Gasteiger partial charge in [0.25, 0.3) is 0 Å². The number of nitrogens with two attached hydrogens (primary N) is 1. The average molecular weight is 253 g/mol. The topological polar surface area (TPSA) is 43.1 Å². The van der Waals surface area contributed by atoms with Crippen LogP contribution < -0.4 is 5.73 Å². The van der Waals surface area contributed by atoms with Crippen LogP contribution in [0.5, 0.6) is 0 Å². The van der Waals surface area contributed by atoms with Gasteiger partial charge in [-0.05, 0) is 37.1 Å². The zero-order chi connectivity index (χ0) is 12.7. The van der Waals surface area contributed by atoms with E-state index in [0.29, 0.717) is 0 Å². The van der Waals surface area contributed by atoms with E-state index in [4.69, 9.17) is 5.73 Å². The quantitative estimate of drug-likeness (QED) is 0.595. The predicted molar refractivity (Wildman–Crippen MR) is 75.6 cm³/mol. The van der Waals surface area contributed by atoms with Crippen LogP contribution in [0.25, 0.3) is 0 Å². The van der Waals surface area contributed by atoms with Crippen LogP contribution in [0.4, 0.5) is 5.69 Å². The molecule has 1 rings (SSSR count). The Hall–Kier alpha value is -0.830. The molecule has 96 valence electrons. The van der Waals surface area contributed by atoms with Gasteiger partial charge in [-0.3, -0.25) is 4.21 Å². The van der Waals surface area contributed by atoms with Crippen LogP contribution in [0.2, 0.25) is 0 Å². The molecule has 0 aromatic heterocycles. The van der Waals surface area contributed by atoms with Crippen LogP contribution in [-0.4, -0.2) is 9.96 Å².